The first-order valence-electron chi connectivity index (χ1n) is 10.00. The van der Waals surface area contributed by atoms with Gasteiger partial charge in [-0.15, -0.1) is 0 Å². The summed E-state index contributed by atoms with van der Waals surface area (Å²) < 4.78 is 12.8. The average Bonchev–Trinajstić information content (AvgIpc) is 2.73. The molecule has 6 nitrogen and oxygen atoms in total. The van der Waals surface area contributed by atoms with Gasteiger partial charge >= 0.3 is 0 Å². The molecule has 0 saturated heterocycles. The van der Waals surface area contributed by atoms with E-state index >= 15 is 0 Å². The zero-order chi connectivity index (χ0) is 22.4. The van der Waals surface area contributed by atoms with E-state index in [1.807, 2.05) is 13.0 Å². The zero-order valence-electron chi connectivity index (χ0n) is 17.8. The van der Waals surface area contributed by atoms with E-state index in [0.29, 0.717) is 31.3 Å². The Labute approximate surface area is 195 Å². The van der Waals surface area contributed by atoms with Crippen LogP contribution in [0, 0.1) is 27.5 Å². The molecule has 0 unspecified atom stereocenters. The van der Waals surface area contributed by atoms with Gasteiger partial charge in [0.05, 0.1) is 15.1 Å². The van der Waals surface area contributed by atoms with E-state index in [-0.39, 0.29) is 5.69 Å². The Balaban J connectivity index is 1.74. The average molecular weight is 532 g/mol. The first-order valence-corrected chi connectivity index (χ1v) is 11.1. The maximum absolute atomic E-state index is 10.8. The summed E-state index contributed by atoms with van der Waals surface area (Å²) in [5.41, 5.74) is 5.57. The van der Waals surface area contributed by atoms with E-state index in [9.17, 15) is 10.1 Å². The van der Waals surface area contributed by atoms with Crippen LogP contribution in [0.25, 0.3) is 0 Å². The van der Waals surface area contributed by atoms with Crippen molar-refractivity contribution in [3.8, 4) is 11.5 Å². The monoisotopic (exact) mass is 532 g/mol. The summed E-state index contributed by atoms with van der Waals surface area (Å²) in [6.45, 7) is 7.62. The van der Waals surface area contributed by atoms with Gasteiger partial charge in [0.1, 0.15) is 6.61 Å². The van der Waals surface area contributed by atoms with Crippen LogP contribution in [0.3, 0.4) is 0 Å². The third-order valence-electron chi connectivity index (χ3n) is 4.76. The molecular weight excluding hydrogens is 507 g/mol. The fourth-order valence-corrected chi connectivity index (χ4v) is 4.03. The Morgan fingerprint density at radius 1 is 1.00 bits per heavy atom. The summed E-state index contributed by atoms with van der Waals surface area (Å²) in [5.74, 6) is 1.37. The molecule has 0 spiro atoms. The highest BCUT2D eigenvalue weighted by molar-refractivity contribution is 14.1. The number of nitrogens with zero attached hydrogens (tertiary/aromatic N) is 1. The Hall–Kier alpha value is -2.81. The van der Waals surface area contributed by atoms with E-state index in [0.717, 1.165) is 20.4 Å². The van der Waals surface area contributed by atoms with E-state index < -0.39 is 4.92 Å². The molecule has 31 heavy (non-hydrogen) atoms. The van der Waals surface area contributed by atoms with Crippen LogP contribution in [0.1, 0.15) is 29.2 Å². The second-order valence-electron chi connectivity index (χ2n) is 7.22. The number of non-ortho nitro benzene ring substituents is 1. The van der Waals surface area contributed by atoms with Crippen LogP contribution in [0.4, 0.5) is 11.4 Å². The second kappa shape index (κ2) is 10.5. The molecule has 0 amide bonds. The third-order valence-corrected chi connectivity index (χ3v) is 5.57. The molecule has 7 heteroatoms. The van der Waals surface area contributed by atoms with Crippen LogP contribution < -0.4 is 14.8 Å². The molecule has 0 saturated carbocycles. The quantitative estimate of drug-likeness (QED) is 0.196. The van der Waals surface area contributed by atoms with Gasteiger partial charge in [-0.1, -0.05) is 17.7 Å². The van der Waals surface area contributed by atoms with Gasteiger partial charge in [0.25, 0.3) is 5.69 Å². The van der Waals surface area contributed by atoms with Gasteiger partial charge < -0.3 is 14.8 Å². The molecule has 1 N–H and O–H groups in total. The molecule has 3 aromatic rings. The number of halogens is 1. The van der Waals surface area contributed by atoms with E-state index in [1.54, 1.807) is 12.1 Å². The number of anilines is 1. The molecule has 0 aromatic heterocycles. The lowest BCUT2D eigenvalue weighted by Crippen LogP contribution is -2.05. The largest absolute Gasteiger partial charge is 0.490 e. The van der Waals surface area contributed by atoms with E-state index in [1.165, 1.54) is 23.3 Å². The second-order valence-corrected chi connectivity index (χ2v) is 8.38. The minimum absolute atomic E-state index is 0.0639. The Morgan fingerprint density at radius 3 is 2.39 bits per heavy atom. The number of nitro benzene ring substituents is 1. The summed E-state index contributed by atoms with van der Waals surface area (Å²) in [6.07, 6.45) is 0. The van der Waals surface area contributed by atoms with Crippen molar-refractivity contribution in [3.63, 3.8) is 0 Å². The van der Waals surface area contributed by atoms with Crippen molar-refractivity contribution in [1.82, 2.24) is 0 Å². The molecule has 0 aliphatic rings. The van der Waals surface area contributed by atoms with Crippen molar-refractivity contribution in [2.45, 2.75) is 33.9 Å². The molecule has 162 valence electrons. The van der Waals surface area contributed by atoms with Gasteiger partial charge in [-0.05, 0) is 90.4 Å². The number of nitrogens with one attached hydrogen (secondary N) is 1. The van der Waals surface area contributed by atoms with Crippen molar-refractivity contribution >= 4 is 34.0 Å². The van der Waals surface area contributed by atoms with Crippen LogP contribution in [0.15, 0.2) is 54.6 Å². The highest BCUT2D eigenvalue weighted by Gasteiger charge is 2.13. The van der Waals surface area contributed by atoms with Gasteiger partial charge in [0.15, 0.2) is 11.5 Å². The highest BCUT2D eigenvalue weighted by Crippen LogP contribution is 2.35. The van der Waals surface area contributed by atoms with Crippen molar-refractivity contribution in [3.05, 3.63) is 90.5 Å². The normalized spacial score (nSPS) is 10.6. The fourth-order valence-electron chi connectivity index (χ4n) is 3.21. The van der Waals surface area contributed by atoms with Gasteiger partial charge in [0, 0.05) is 24.4 Å². The highest BCUT2D eigenvalue weighted by atomic mass is 127. The number of hydrogen-bond acceptors (Lipinski definition) is 5. The van der Waals surface area contributed by atoms with Crippen LogP contribution in [-0.4, -0.2) is 11.5 Å². The summed E-state index contributed by atoms with van der Waals surface area (Å²) in [4.78, 5) is 10.4. The Bertz CT molecular complexity index is 1070. The maximum atomic E-state index is 10.8. The first kappa shape index (κ1) is 22.9. The van der Waals surface area contributed by atoms with Crippen molar-refractivity contribution < 1.29 is 14.4 Å². The van der Waals surface area contributed by atoms with Gasteiger partial charge in [-0.25, -0.2) is 0 Å². The predicted molar refractivity (Wildman–Crippen MR) is 131 cm³/mol. The van der Waals surface area contributed by atoms with Crippen LogP contribution in [-0.2, 0) is 13.2 Å². The minimum atomic E-state index is -0.411. The lowest BCUT2D eigenvalue weighted by molar-refractivity contribution is -0.384. The first-order chi connectivity index (χ1) is 14.9. The van der Waals surface area contributed by atoms with Crippen LogP contribution in [0.2, 0.25) is 0 Å². The molecular formula is C24H25IN2O4. The van der Waals surface area contributed by atoms with Gasteiger partial charge in [-0.2, -0.15) is 0 Å². The molecule has 3 aromatic carbocycles. The Kier molecular flexibility index (Phi) is 7.73. The number of benzene rings is 3. The Morgan fingerprint density at radius 2 is 1.74 bits per heavy atom. The number of ether oxygens (including phenoxy) is 2. The molecule has 0 fully saturated rings. The third kappa shape index (κ3) is 6.10. The molecule has 0 aliphatic carbocycles. The van der Waals surface area contributed by atoms with Crippen molar-refractivity contribution in [1.29, 1.82) is 0 Å². The summed E-state index contributed by atoms with van der Waals surface area (Å²) in [7, 11) is 0. The van der Waals surface area contributed by atoms with Crippen molar-refractivity contribution in [2.24, 2.45) is 0 Å². The lowest BCUT2D eigenvalue weighted by atomic mass is 10.1. The zero-order valence-corrected chi connectivity index (χ0v) is 19.9. The maximum Gasteiger partial charge on any atom is 0.269 e. The SMILES string of the molecule is CCOc1cc(CNc2ccc(C)cc2C)cc(I)c1OCc1ccc([N+](=O)[O-])cc1. The van der Waals surface area contributed by atoms with Crippen LogP contribution >= 0.6 is 22.6 Å². The number of rotatable bonds is 9. The summed E-state index contributed by atoms with van der Waals surface area (Å²) in [6, 6.07) is 16.8. The molecule has 0 radical (unpaired) electrons. The smallest absolute Gasteiger partial charge is 0.269 e. The number of nitro groups is 1. The van der Waals surface area contributed by atoms with Gasteiger partial charge in [0.2, 0.25) is 0 Å². The molecule has 0 aliphatic heterocycles. The fraction of sp³-hybridized carbons (Fsp3) is 0.250. The summed E-state index contributed by atoms with van der Waals surface area (Å²) >= 11 is 2.25. The summed E-state index contributed by atoms with van der Waals surface area (Å²) in [5, 5.41) is 14.3. The molecule has 0 bridgehead atoms. The lowest BCUT2D eigenvalue weighted by Gasteiger charge is -2.17. The molecule has 0 atom stereocenters. The minimum Gasteiger partial charge on any atom is -0.490 e. The number of hydrogen-bond donors (Lipinski definition) is 1. The predicted octanol–water partition coefficient (Wildman–Crippen LogP) is 6.41. The van der Waals surface area contributed by atoms with E-state index in [2.05, 4.69) is 66.0 Å². The molecule has 0 heterocycles. The van der Waals surface area contributed by atoms with Crippen LogP contribution in [0.5, 0.6) is 11.5 Å². The topological polar surface area (TPSA) is 73.6 Å². The van der Waals surface area contributed by atoms with Crippen molar-refractivity contribution in [2.75, 3.05) is 11.9 Å². The standard InChI is InChI=1S/C24H25IN2O4/c1-4-30-23-13-19(14-26-22-10-5-16(2)11-17(22)3)12-21(25)24(23)31-15-18-6-8-20(9-7-18)27(28)29/h5-13,26H,4,14-15H2,1-3H3. The van der Waals surface area contributed by atoms with E-state index in [4.69, 9.17) is 9.47 Å². The number of aryl methyl sites for hydroxylation is 2. The molecule has 3 rings (SSSR count). The van der Waals surface area contributed by atoms with Gasteiger partial charge in [-0.3, -0.25) is 10.1 Å².